The van der Waals surface area contributed by atoms with Crippen molar-refractivity contribution < 1.29 is 9.59 Å². The second-order valence-electron chi connectivity index (χ2n) is 7.51. The minimum atomic E-state index is -0.263. The quantitative estimate of drug-likeness (QED) is 0.789. The first-order valence-corrected chi connectivity index (χ1v) is 8.80. The summed E-state index contributed by atoms with van der Waals surface area (Å²) in [4.78, 5) is 24.0. The molecule has 24 heavy (non-hydrogen) atoms. The molecule has 0 saturated heterocycles. The molecule has 1 aromatic carbocycles. The molecule has 0 unspecified atom stereocenters. The van der Waals surface area contributed by atoms with Crippen molar-refractivity contribution in [1.82, 2.24) is 10.6 Å². The SMILES string of the molecule is CC(C)(C)c1ccccc1NC(=O)CNC(=O)NC1CCCCC1. The highest BCUT2D eigenvalue weighted by atomic mass is 16.2. The monoisotopic (exact) mass is 331 g/mol. The van der Waals surface area contributed by atoms with Crippen molar-refractivity contribution >= 4 is 17.6 Å². The van der Waals surface area contributed by atoms with E-state index in [1.165, 1.54) is 6.42 Å². The highest BCUT2D eigenvalue weighted by Gasteiger charge is 2.19. The van der Waals surface area contributed by atoms with Gasteiger partial charge >= 0.3 is 6.03 Å². The highest BCUT2D eigenvalue weighted by Crippen LogP contribution is 2.29. The van der Waals surface area contributed by atoms with Crippen molar-refractivity contribution in [2.75, 3.05) is 11.9 Å². The smallest absolute Gasteiger partial charge is 0.315 e. The molecule has 0 spiro atoms. The average molecular weight is 331 g/mol. The predicted octanol–water partition coefficient (Wildman–Crippen LogP) is 3.55. The molecule has 132 valence electrons. The summed E-state index contributed by atoms with van der Waals surface area (Å²) in [6.45, 7) is 6.28. The molecule has 0 bridgehead atoms. The van der Waals surface area contributed by atoms with Crippen LogP contribution in [0, 0.1) is 0 Å². The van der Waals surface area contributed by atoms with Gasteiger partial charge < -0.3 is 16.0 Å². The number of benzene rings is 1. The fourth-order valence-electron chi connectivity index (χ4n) is 3.08. The van der Waals surface area contributed by atoms with Crippen LogP contribution in [-0.4, -0.2) is 24.5 Å². The van der Waals surface area contributed by atoms with Crippen LogP contribution in [-0.2, 0) is 10.2 Å². The number of nitrogens with one attached hydrogen (secondary N) is 3. The summed E-state index contributed by atoms with van der Waals surface area (Å²) in [6, 6.07) is 7.74. The van der Waals surface area contributed by atoms with Gasteiger partial charge in [0.2, 0.25) is 5.91 Å². The number of para-hydroxylation sites is 1. The first-order valence-electron chi connectivity index (χ1n) is 8.80. The number of carbonyl (C=O) groups excluding carboxylic acids is 2. The minimum Gasteiger partial charge on any atom is -0.335 e. The van der Waals surface area contributed by atoms with Gasteiger partial charge in [-0.2, -0.15) is 0 Å². The third kappa shape index (κ3) is 5.55. The molecule has 0 aromatic heterocycles. The van der Waals surface area contributed by atoms with Gasteiger partial charge in [0.1, 0.15) is 0 Å². The van der Waals surface area contributed by atoms with Crippen molar-refractivity contribution in [3.63, 3.8) is 0 Å². The molecule has 1 fully saturated rings. The molecule has 5 heteroatoms. The van der Waals surface area contributed by atoms with Gasteiger partial charge in [-0.15, -0.1) is 0 Å². The second kappa shape index (κ2) is 8.18. The van der Waals surface area contributed by atoms with Crippen molar-refractivity contribution in [2.45, 2.75) is 64.3 Å². The Bertz CT molecular complexity index is 572. The van der Waals surface area contributed by atoms with Gasteiger partial charge in [0, 0.05) is 11.7 Å². The van der Waals surface area contributed by atoms with Gasteiger partial charge in [-0.1, -0.05) is 58.2 Å². The molecule has 3 N–H and O–H groups in total. The average Bonchev–Trinajstić information content (AvgIpc) is 2.53. The Labute approximate surface area is 144 Å². The zero-order chi connectivity index (χ0) is 17.6. The maximum absolute atomic E-state index is 12.1. The zero-order valence-corrected chi connectivity index (χ0v) is 14.9. The molecule has 1 aromatic rings. The van der Waals surface area contributed by atoms with E-state index in [1.807, 2.05) is 24.3 Å². The van der Waals surface area contributed by atoms with E-state index in [9.17, 15) is 9.59 Å². The van der Waals surface area contributed by atoms with E-state index in [0.29, 0.717) is 0 Å². The molecular formula is C19H29N3O2. The molecule has 0 heterocycles. The van der Waals surface area contributed by atoms with Crippen LogP contribution in [0.2, 0.25) is 0 Å². The molecule has 0 aliphatic heterocycles. The second-order valence-corrected chi connectivity index (χ2v) is 7.51. The van der Waals surface area contributed by atoms with E-state index < -0.39 is 0 Å². The number of amides is 3. The predicted molar refractivity (Wildman–Crippen MR) is 97.2 cm³/mol. The minimum absolute atomic E-state index is 0.0307. The molecule has 1 saturated carbocycles. The van der Waals surface area contributed by atoms with E-state index in [2.05, 4.69) is 36.7 Å². The van der Waals surface area contributed by atoms with Crippen LogP contribution < -0.4 is 16.0 Å². The Balaban J connectivity index is 1.82. The summed E-state index contributed by atoms with van der Waals surface area (Å²) < 4.78 is 0. The Morgan fingerprint density at radius 2 is 1.75 bits per heavy atom. The van der Waals surface area contributed by atoms with Crippen molar-refractivity contribution in [2.24, 2.45) is 0 Å². The van der Waals surface area contributed by atoms with E-state index in [0.717, 1.165) is 36.9 Å². The van der Waals surface area contributed by atoms with Crippen LogP contribution >= 0.6 is 0 Å². The standard InChI is InChI=1S/C19H29N3O2/c1-19(2,3)15-11-7-8-12-16(15)22-17(23)13-20-18(24)21-14-9-5-4-6-10-14/h7-8,11-12,14H,4-6,9-10,13H2,1-3H3,(H,22,23)(H2,20,21,24). The van der Waals surface area contributed by atoms with Crippen LogP contribution in [0.1, 0.15) is 58.4 Å². The van der Waals surface area contributed by atoms with E-state index in [-0.39, 0.29) is 29.9 Å². The van der Waals surface area contributed by atoms with Crippen LogP contribution in [0.5, 0.6) is 0 Å². The lowest BCUT2D eigenvalue weighted by Gasteiger charge is -2.23. The van der Waals surface area contributed by atoms with Gasteiger partial charge in [-0.25, -0.2) is 4.79 Å². The number of urea groups is 1. The normalized spacial score (nSPS) is 15.6. The largest absolute Gasteiger partial charge is 0.335 e. The lowest BCUT2D eigenvalue weighted by atomic mass is 9.86. The van der Waals surface area contributed by atoms with Crippen LogP contribution in [0.25, 0.3) is 0 Å². The molecule has 2 rings (SSSR count). The van der Waals surface area contributed by atoms with E-state index in [1.54, 1.807) is 0 Å². The first-order chi connectivity index (χ1) is 11.4. The molecular weight excluding hydrogens is 302 g/mol. The number of rotatable bonds is 4. The summed E-state index contributed by atoms with van der Waals surface area (Å²) in [5.74, 6) is -0.217. The Morgan fingerprint density at radius 1 is 1.08 bits per heavy atom. The number of hydrogen-bond donors (Lipinski definition) is 3. The number of hydrogen-bond acceptors (Lipinski definition) is 2. The topological polar surface area (TPSA) is 70.2 Å². The highest BCUT2D eigenvalue weighted by molar-refractivity contribution is 5.95. The van der Waals surface area contributed by atoms with Crippen molar-refractivity contribution in [3.8, 4) is 0 Å². The maximum atomic E-state index is 12.1. The van der Waals surface area contributed by atoms with Crippen LogP contribution in [0.15, 0.2) is 24.3 Å². The summed E-state index contributed by atoms with van der Waals surface area (Å²) in [7, 11) is 0. The number of carbonyl (C=O) groups is 2. The molecule has 5 nitrogen and oxygen atoms in total. The van der Waals surface area contributed by atoms with Crippen LogP contribution in [0.4, 0.5) is 10.5 Å². The Morgan fingerprint density at radius 3 is 2.42 bits per heavy atom. The third-order valence-electron chi connectivity index (χ3n) is 4.36. The molecule has 3 amide bonds. The van der Waals surface area contributed by atoms with Crippen molar-refractivity contribution in [1.29, 1.82) is 0 Å². The van der Waals surface area contributed by atoms with Crippen molar-refractivity contribution in [3.05, 3.63) is 29.8 Å². The lowest BCUT2D eigenvalue weighted by molar-refractivity contribution is -0.115. The maximum Gasteiger partial charge on any atom is 0.315 e. The summed E-state index contributed by atoms with van der Waals surface area (Å²) in [6.07, 6.45) is 5.62. The Kier molecular flexibility index (Phi) is 6.23. The number of anilines is 1. The van der Waals surface area contributed by atoms with E-state index >= 15 is 0 Å². The Hall–Kier alpha value is -2.04. The van der Waals surface area contributed by atoms with Gasteiger partial charge in [0.25, 0.3) is 0 Å². The van der Waals surface area contributed by atoms with E-state index in [4.69, 9.17) is 0 Å². The summed E-state index contributed by atoms with van der Waals surface area (Å²) >= 11 is 0. The molecule has 1 aliphatic carbocycles. The van der Waals surface area contributed by atoms with Crippen LogP contribution in [0.3, 0.4) is 0 Å². The molecule has 1 aliphatic rings. The molecule has 0 atom stereocenters. The van der Waals surface area contributed by atoms with Gasteiger partial charge in [-0.05, 0) is 29.9 Å². The first kappa shape index (κ1) is 18.3. The lowest BCUT2D eigenvalue weighted by Crippen LogP contribution is -2.45. The van der Waals surface area contributed by atoms with Gasteiger partial charge in [0.15, 0.2) is 0 Å². The summed E-state index contributed by atoms with van der Waals surface area (Å²) in [5, 5.41) is 8.48. The third-order valence-corrected chi connectivity index (χ3v) is 4.36. The van der Waals surface area contributed by atoms with Gasteiger partial charge in [0.05, 0.1) is 6.54 Å². The zero-order valence-electron chi connectivity index (χ0n) is 14.9. The van der Waals surface area contributed by atoms with Gasteiger partial charge in [-0.3, -0.25) is 4.79 Å². The summed E-state index contributed by atoms with van der Waals surface area (Å²) in [5.41, 5.74) is 1.81. The fraction of sp³-hybridized carbons (Fsp3) is 0.579. The molecule has 0 radical (unpaired) electrons. The fourth-order valence-corrected chi connectivity index (χ4v) is 3.08.